The van der Waals surface area contributed by atoms with E-state index in [4.69, 9.17) is 4.74 Å². The summed E-state index contributed by atoms with van der Waals surface area (Å²) in [5, 5.41) is 3.22. The molecule has 0 spiro atoms. The maximum atomic E-state index is 11.5. The van der Waals surface area contributed by atoms with Gasteiger partial charge in [-0.1, -0.05) is 0 Å². The van der Waals surface area contributed by atoms with Crippen LogP contribution in [-0.4, -0.2) is 23.0 Å². The highest BCUT2D eigenvalue weighted by atomic mass is 16.5. The van der Waals surface area contributed by atoms with Crippen LogP contribution in [0.25, 0.3) is 0 Å². The van der Waals surface area contributed by atoms with E-state index in [1.165, 1.54) is 12.7 Å². The van der Waals surface area contributed by atoms with Gasteiger partial charge >= 0.3 is 5.97 Å². The van der Waals surface area contributed by atoms with Crippen molar-refractivity contribution < 1.29 is 9.53 Å². The highest BCUT2D eigenvalue weighted by Gasteiger charge is 2.10. The van der Waals surface area contributed by atoms with Gasteiger partial charge in [-0.3, -0.25) is 4.98 Å². The van der Waals surface area contributed by atoms with Crippen LogP contribution in [0.3, 0.4) is 0 Å². The summed E-state index contributed by atoms with van der Waals surface area (Å²) in [7, 11) is 1.36. The lowest BCUT2D eigenvalue weighted by Gasteiger charge is -2.10. The Hall–Kier alpha value is -2.43. The number of ether oxygens (including phenoxy) is 1. The second kappa shape index (κ2) is 6.14. The van der Waals surface area contributed by atoms with Crippen LogP contribution >= 0.6 is 0 Å². The topological polar surface area (TPSA) is 64.1 Å². The molecule has 0 aromatic carbocycles. The molecule has 0 saturated carbocycles. The van der Waals surface area contributed by atoms with Gasteiger partial charge < -0.3 is 10.1 Å². The van der Waals surface area contributed by atoms with Gasteiger partial charge in [0.2, 0.25) is 0 Å². The number of carbonyl (C=O) groups is 1. The number of esters is 1. The molecular weight excluding hydrogens is 254 g/mol. The van der Waals surface area contributed by atoms with E-state index in [0.29, 0.717) is 17.8 Å². The third kappa shape index (κ3) is 3.12. The van der Waals surface area contributed by atoms with E-state index in [-0.39, 0.29) is 5.97 Å². The fourth-order valence-corrected chi connectivity index (χ4v) is 1.85. The lowest BCUT2D eigenvalue weighted by atomic mass is 10.1. The number of methoxy groups -OCH3 is 1. The van der Waals surface area contributed by atoms with Crippen LogP contribution < -0.4 is 5.32 Å². The van der Waals surface area contributed by atoms with Gasteiger partial charge in [0.15, 0.2) is 0 Å². The molecule has 0 aliphatic carbocycles. The molecular formula is C15H17N3O2. The van der Waals surface area contributed by atoms with Crippen molar-refractivity contribution in [3.63, 3.8) is 0 Å². The lowest BCUT2D eigenvalue weighted by Crippen LogP contribution is -2.08. The molecule has 2 rings (SSSR count). The second-order valence-electron chi connectivity index (χ2n) is 4.48. The standard InChI is InChI=1S/C15H17N3O2/c1-10-6-7-16-8-12(10)9-17-14-5-4-13(11(2)18-14)15(19)20-3/h4-8H,9H2,1-3H3,(H,17,18). The zero-order chi connectivity index (χ0) is 14.5. The molecule has 0 aliphatic rings. The van der Waals surface area contributed by atoms with Gasteiger partial charge in [0.05, 0.1) is 18.4 Å². The molecule has 0 atom stereocenters. The van der Waals surface area contributed by atoms with Crippen molar-refractivity contribution in [2.24, 2.45) is 0 Å². The summed E-state index contributed by atoms with van der Waals surface area (Å²) in [6.07, 6.45) is 3.60. The van der Waals surface area contributed by atoms with Crippen molar-refractivity contribution in [2.75, 3.05) is 12.4 Å². The molecule has 0 amide bonds. The fourth-order valence-electron chi connectivity index (χ4n) is 1.85. The molecule has 5 heteroatoms. The Morgan fingerprint density at radius 2 is 2.10 bits per heavy atom. The number of nitrogens with one attached hydrogen (secondary N) is 1. The SMILES string of the molecule is COC(=O)c1ccc(NCc2cnccc2C)nc1C. The maximum Gasteiger partial charge on any atom is 0.339 e. The van der Waals surface area contributed by atoms with Crippen LogP contribution in [0.15, 0.2) is 30.6 Å². The number of hydrogen-bond donors (Lipinski definition) is 1. The van der Waals surface area contributed by atoms with Crippen LogP contribution in [0.5, 0.6) is 0 Å². The first kappa shape index (κ1) is 14.0. The van der Waals surface area contributed by atoms with Gasteiger partial charge in [0.1, 0.15) is 5.82 Å². The molecule has 2 aromatic rings. The van der Waals surface area contributed by atoms with Gasteiger partial charge in [0.25, 0.3) is 0 Å². The van der Waals surface area contributed by atoms with E-state index in [0.717, 1.165) is 11.4 Å². The average molecular weight is 271 g/mol. The summed E-state index contributed by atoms with van der Waals surface area (Å²) in [4.78, 5) is 19.9. The predicted octanol–water partition coefficient (Wildman–Crippen LogP) is 2.49. The Morgan fingerprint density at radius 3 is 2.75 bits per heavy atom. The van der Waals surface area contributed by atoms with Crippen molar-refractivity contribution in [1.29, 1.82) is 0 Å². The minimum Gasteiger partial charge on any atom is -0.465 e. The number of pyridine rings is 2. The van der Waals surface area contributed by atoms with Crippen molar-refractivity contribution >= 4 is 11.8 Å². The minimum atomic E-state index is -0.371. The summed E-state index contributed by atoms with van der Waals surface area (Å²) >= 11 is 0. The number of hydrogen-bond acceptors (Lipinski definition) is 5. The molecule has 0 unspecified atom stereocenters. The summed E-state index contributed by atoms with van der Waals surface area (Å²) in [6.45, 7) is 4.47. The summed E-state index contributed by atoms with van der Waals surface area (Å²) in [5.41, 5.74) is 3.42. The molecule has 0 radical (unpaired) electrons. The number of rotatable bonds is 4. The predicted molar refractivity (Wildman–Crippen MR) is 76.6 cm³/mol. The maximum absolute atomic E-state index is 11.5. The minimum absolute atomic E-state index is 0.371. The molecule has 2 heterocycles. The first-order valence-electron chi connectivity index (χ1n) is 6.31. The largest absolute Gasteiger partial charge is 0.465 e. The van der Waals surface area contributed by atoms with Crippen LogP contribution in [0.4, 0.5) is 5.82 Å². The molecule has 2 aromatic heterocycles. The normalized spacial score (nSPS) is 10.2. The van der Waals surface area contributed by atoms with E-state index in [1.807, 2.05) is 19.2 Å². The van der Waals surface area contributed by atoms with Gasteiger partial charge in [-0.05, 0) is 43.2 Å². The van der Waals surface area contributed by atoms with E-state index in [2.05, 4.69) is 15.3 Å². The van der Waals surface area contributed by atoms with Gasteiger partial charge in [0, 0.05) is 18.9 Å². The van der Waals surface area contributed by atoms with Gasteiger partial charge in [-0.25, -0.2) is 9.78 Å². The average Bonchev–Trinajstić information content (AvgIpc) is 2.46. The van der Waals surface area contributed by atoms with Crippen LogP contribution in [0.2, 0.25) is 0 Å². The molecule has 5 nitrogen and oxygen atoms in total. The second-order valence-corrected chi connectivity index (χ2v) is 4.48. The first-order chi connectivity index (χ1) is 9.61. The number of aromatic nitrogens is 2. The molecule has 0 saturated heterocycles. The number of nitrogens with zero attached hydrogens (tertiary/aromatic N) is 2. The Labute approximate surface area is 118 Å². The van der Waals surface area contributed by atoms with Crippen molar-refractivity contribution in [3.05, 3.63) is 53.0 Å². The fraction of sp³-hybridized carbons (Fsp3) is 0.267. The molecule has 1 N–H and O–H groups in total. The van der Waals surface area contributed by atoms with E-state index >= 15 is 0 Å². The van der Waals surface area contributed by atoms with E-state index < -0.39 is 0 Å². The Kier molecular flexibility index (Phi) is 4.30. The zero-order valence-corrected chi connectivity index (χ0v) is 11.8. The Bertz CT molecular complexity index is 626. The Balaban J connectivity index is 2.10. The summed E-state index contributed by atoms with van der Waals surface area (Å²) < 4.78 is 4.69. The summed E-state index contributed by atoms with van der Waals surface area (Å²) in [5.74, 6) is 0.350. The van der Waals surface area contributed by atoms with Gasteiger partial charge in [-0.15, -0.1) is 0 Å². The lowest BCUT2D eigenvalue weighted by molar-refractivity contribution is 0.0599. The highest BCUT2D eigenvalue weighted by molar-refractivity contribution is 5.90. The quantitative estimate of drug-likeness (QED) is 0.865. The third-order valence-electron chi connectivity index (χ3n) is 3.10. The third-order valence-corrected chi connectivity index (χ3v) is 3.10. The van der Waals surface area contributed by atoms with Crippen LogP contribution in [0, 0.1) is 13.8 Å². The number of anilines is 1. The van der Waals surface area contributed by atoms with Crippen molar-refractivity contribution in [3.8, 4) is 0 Å². The van der Waals surface area contributed by atoms with Gasteiger partial charge in [-0.2, -0.15) is 0 Å². The van der Waals surface area contributed by atoms with Crippen LogP contribution in [-0.2, 0) is 11.3 Å². The van der Waals surface area contributed by atoms with Crippen molar-refractivity contribution in [1.82, 2.24) is 9.97 Å². The van der Waals surface area contributed by atoms with E-state index in [9.17, 15) is 4.79 Å². The summed E-state index contributed by atoms with van der Waals surface area (Å²) in [6, 6.07) is 5.45. The highest BCUT2D eigenvalue weighted by Crippen LogP contribution is 2.13. The van der Waals surface area contributed by atoms with E-state index in [1.54, 1.807) is 25.3 Å². The molecule has 20 heavy (non-hydrogen) atoms. The van der Waals surface area contributed by atoms with Crippen LogP contribution in [0.1, 0.15) is 27.2 Å². The first-order valence-corrected chi connectivity index (χ1v) is 6.31. The molecule has 104 valence electrons. The molecule has 0 bridgehead atoms. The number of carbonyl (C=O) groups excluding carboxylic acids is 1. The zero-order valence-electron chi connectivity index (χ0n) is 11.8. The molecule has 0 aliphatic heterocycles. The Morgan fingerprint density at radius 1 is 1.30 bits per heavy atom. The van der Waals surface area contributed by atoms with Crippen molar-refractivity contribution in [2.45, 2.75) is 20.4 Å². The number of aryl methyl sites for hydroxylation is 2. The monoisotopic (exact) mass is 271 g/mol. The molecule has 0 fully saturated rings. The smallest absolute Gasteiger partial charge is 0.339 e.